The molecule has 0 radical (unpaired) electrons. The van der Waals surface area contributed by atoms with Gasteiger partial charge in [0.05, 0.1) is 11.3 Å². The standard InChI is InChI=1S/C29H28N2O2/c1-18-9-10-20(3)25(15-18)31-28(32)26(23-12-11-19(2)21(4)16-23)27(29(31)33)30-14-13-22-7-5-6-8-24(22)17-30/h5-12,15-16H,13-14,17H2,1-4H3. The van der Waals surface area contributed by atoms with E-state index in [0.717, 1.165) is 34.2 Å². The summed E-state index contributed by atoms with van der Waals surface area (Å²) in [6.07, 6.45) is 0.852. The summed E-state index contributed by atoms with van der Waals surface area (Å²) in [5.41, 5.74) is 9.20. The van der Waals surface area contributed by atoms with Crippen LogP contribution in [0, 0.1) is 27.7 Å². The first-order chi connectivity index (χ1) is 15.8. The van der Waals surface area contributed by atoms with Crippen LogP contribution in [0.3, 0.4) is 0 Å². The van der Waals surface area contributed by atoms with Crippen molar-refractivity contribution in [2.24, 2.45) is 0 Å². The largest absolute Gasteiger partial charge is 0.362 e. The van der Waals surface area contributed by atoms with Gasteiger partial charge in [-0.2, -0.15) is 0 Å². The Labute approximate surface area is 195 Å². The molecule has 0 spiro atoms. The number of anilines is 1. The highest BCUT2D eigenvalue weighted by Crippen LogP contribution is 2.38. The second-order valence-electron chi connectivity index (χ2n) is 9.20. The number of nitrogens with zero attached hydrogens (tertiary/aromatic N) is 2. The Balaban J connectivity index is 1.66. The number of imide groups is 1. The zero-order valence-electron chi connectivity index (χ0n) is 19.6. The van der Waals surface area contributed by atoms with Crippen LogP contribution in [0.1, 0.15) is 38.9 Å². The molecule has 2 aliphatic heterocycles. The molecule has 5 rings (SSSR count). The molecule has 3 aromatic carbocycles. The van der Waals surface area contributed by atoms with E-state index in [9.17, 15) is 9.59 Å². The second-order valence-corrected chi connectivity index (χ2v) is 9.20. The summed E-state index contributed by atoms with van der Waals surface area (Å²) in [5.74, 6) is -0.480. The second kappa shape index (κ2) is 8.04. The average molecular weight is 437 g/mol. The first kappa shape index (κ1) is 21.2. The molecule has 33 heavy (non-hydrogen) atoms. The molecular weight excluding hydrogens is 408 g/mol. The third-order valence-corrected chi connectivity index (χ3v) is 6.91. The maximum atomic E-state index is 13.9. The number of carbonyl (C=O) groups is 2. The predicted octanol–water partition coefficient (Wildman–Crippen LogP) is 5.26. The minimum absolute atomic E-state index is 0.235. The van der Waals surface area contributed by atoms with E-state index in [1.165, 1.54) is 16.0 Å². The zero-order chi connectivity index (χ0) is 23.3. The number of amides is 2. The van der Waals surface area contributed by atoms with Crippen LogP contribution in [0.15, 0.2) is 66.4 Å². The lowest BCUT2D eigenvalue weighted by atomic mass is 9.96. The summed E-state index contributed by atoms with van der Waals surface area (Å²) < 4.78 is 0. The number of benzene rings is 3. The molecule has 0 unspecified atom stereocenters. The highest BCUT2D eigenvalue weighted by molar-refractivity contribution is 6.45. The Bertz CT molecular complexity index is 1340. The van der Waals surface area contributed by atoms with Crippen LogP contribution >= 0.6 is 0 Å². The molecule has 4 nitrogen and oxygen atoms in total. The highest BCUT2D eigenvalue weighted by Gasteiger charge is 2.43. The molecule has 0 N–H and O–H groups in total. The van der Waals surface area contributed by atoms with Crippen molar-refractivity contribution in [2.75, 3.05) is 11.4 Å². The lowest BCUT2D eigenvalue weighted by molar-refractivity contribution is -0.120. The first-order valence-electron chi connectivity index (χ1n) is 11.4. The van der Waals surface area contributed by atoms with Gasteiger partial charge in [-0.15, -0.1) is 0 Å². The fourth-order valence-corrected chi connectivity index (χ4v) is 4.83. The Hall–Kier alpha value is -3.66. The van der Waals surface area contributed by atoms with E-state index in [4.69, 9.17) is 0 Å². The Morgan fingerprint density at radius 1 is 0.727 bits per heavy atom. The molecule has 4 heteroatoms. The topological polar surface area (TPSA) is 40.6 Å². The molecule has 0 aromatic heterocycles. The van der Waals surface area contributed by atoms with Crippen LogP contribution in [-0.2, 0) is 22.6 Å². The fraction of sp³-hybridized carbons (Fsp3) is 0.241. The quantitative estimate of drug-likeness (QED) is 0.526. The van der Waals surface area contributed by atoms with Crippen LogP contribution in [0.25, 0.3) is 5.57 Å². The molecular formula is C29H28N2O2. The van der Waals surface area contributed by atoms with Gasteiger partial charge in [-0.25, -0.2) is 4.90 Å². The Kier molecular flexibility index (Phi) is 5.16. The van der Waals surface area contributed by atoms with Crippen molar-refractivity contribution in [1.82, 2.24) is 4.90 Å². The molecule has 0 bridgehead atoms. The minimum Gasteiger partial charge on any atom is -0.362 e. The van der Waals surface area contributed by atoms with E-state index in [2.05, 4.69) is 30.0 Å². The molecule has 3 aromatic rings. The monoisotopic (exact) mass is 436 g/mol. The van der Waals surface area contributed by atoms with Gasteiger partial charge >= 0.3 is 0 Å². The summed E-state index contributed by atoms with van der Waals surface area (Å²) in [4.78, 5) is 31.3. The maximum Gasteiger partial charge on any atom is 0.282 e. The van der Waals surface area contributed by atoms with Gasteiger partial charge in [0, 0.05) is 13.1 Å². The van der Waals surface area contributed by atoms with Crippen molar-refractivity contribution in [1.29, 1.82) is 0 Å². The third kappa shape index (κ3) is 3.56. The van der Waals surface area contributed by atoms with E-state index in [1.54, 1.807) is 0 Å². The number of fused-ring (bicyclic) bond motifs is 1. The number of hydrogen-bond acceptors (Lipinski definition) is 3. The molecule has 0 saturated heterocycles. The summed E-state index contributed by atoms with van der Waals surface area (Å²) in [6, 6.07) is 20.3. The molecule has 0 saturated carbocycles. The van der Waals surface area contributed by atoms with Crippen LogP contribution < -0.4 is 4.90 Å². The van der Waals surface area contributed by atoms with E-state index in [1.807, 2.05) is 63.2 Å². The zero-order valence-corrected chi connectivity index (χ0v) is 19.6. The average Bonchev–Trinajstić information content (AvgIpc) is 3.07. The number of rotatable bonds is 3. The van der Waals surface area contributed by atoms with Crippen molar-refractivity contribution in [2.45, 2.75) is 40.7 Å². The van der Waals surface area contributed by atoms with Crippen LogP contribution in [0.4, 0.5) is 5.69 Å². The number of aryl methyl sites for hydroxylation is 4. The van der Waals surface area contributed by atoms with Gasteiger partial charge in [0.2, 0.25) is 0 Å². The molecule has 2 heterocycles. The van der Waals surface area contributed by atoms with Gasteiger partial charge in [0.25, 0.3) is 11.8 Å². The van der Waals surface area contributed by atoms with E-state index < -0.39 is 0 Å². The van der Waals surface area contributed by atoms with Gasteiger partial charge in [-0.05, 0) is 79.1 Å². The summed E-state index contributed by atoms with van der Waals surface area (Å²) in [5, 5.41) is 0. The van der Waals surface area contributed by atoms with E-state index >= 15 is 0 Å². The van der Waals surface area contributed by atoms with Crippen molar-refractivity contribution in [3.8, 4) is 0 Å². The van der Waals surface area contributed by atoms with Crippen molar-refractivity contribution >= 4 is 23.1 Å². The predicted molar refractivity (Wildman–Crippen MR) is 132 cm³/mol. The van der Waals surface area contributed by atoms with Crippen molar-refractivity contribution < 1.29 is 9.59 Å². The Morgan fingerprint density at radius 3 is 2.21 bits per heavy atom. The van der Waals surface area contributed by atoms with E-state index in [-0.39, 0.29) is 11.8 Å². The SMILES string of the molecule is Cc1ccc(C)c(N2C(=O)C(c3ccc(C)c(C)c3)=C(N3CCc4ccccc4C3)C2=O)c1. The maximum absolute atomic E-state index is 13.9. The smallest absolute Gasteiger partial charge is 0.282 e. The van der Waals surface area contributed by atoms with Crippen LogP contribution in [0.5, 0.6) is 0 Å². The van der Waals surface area contributed by atoms with E-state index in [0.29, 0.717) is 30.0 Å². The minimum atomic E-state index is -0.245. The number of hydrogen-bond donors (Lipinski definition) is 0. The molecule has 166 valence electrons. The normalized spacial score (nSPS) is 16.0. The van der Waals surface area contributed by atoms with Crippen LogP contribution in [-0.4, -0.2) is 23.3 Å². The lowest BCUT2D eigenvalue weighted by Crippen LogP contribution is -2.37. The number of carbonyl (C=O) groups excluding carboxylic acids is 2. The van der Waals surface area contributed by atoms with Gasteiger partial charge in [0.1, 0.15) is 5.70 Å². The summed E-state index contributed by atoms with van der Waals surface area (Å²) in [6.45, 7) is 9.36. The van der Waals surface area contributed by atoms with Gasteiger partial charge in [-0.1, -0.05) is 54.6 Å². The first-order valence-corrected chi connectivity index (χ1v) is 11.4. The van der Waals surface area contributed by atoms with Crippen LogP contribution in [0.2, 0.25) is 0 Å². The summed E-state index contributed by atoms with van der Waals surface area (Å²) >= 11 is 0. The van der Waals surface area contributed by atoms with Gasteiger partial charge < -0.3 is 4.90 Å². The summed E-state index contributed by atoms with van der Waals surface area (Å²) in [7, 11) is 0. The Morgan fingerprint density at radius 2 is 1.45 bits per heavy atom. The fourth-order valence-electron chi connectivity index (χ4n) is 4.83. The molecule has 0 atom stereocenters. The van der Waals surface area contributed by atoms with Gasteiger partial charge in [0.15, 0.2) is 0 Å². The molecule has 0 fully saturated rings. The van der Waals surface area contributed by atoms with Crippen molar-refractivity contribution in [3.63, 3.8) is 0 Å². The highest BCUT2D eigenvalue weighted by atomic mass is 16.2. The van der Waals surface area contributed by atoms with Crippen molar-refractivity contribution in [3.05, 3.63) is 105 Å². The van der Waals surface area contributed by atoms with Gasteiger partial charge in [-0.3, -0.25) is 9.59 Å². The third-order valence-electron chi connectivity index (χ3n) is 6.91. The lowest BCUT2D eigenvalue weighted by Gasteiger charge is -2.31. The molecule has 0 aliphatic carbocycles. The molecule has 2 amide bonds. The molecule has 2 aliphatic rings.